The second-order valence-corrected chi connectivity index (χ2v) is 6.48. The number of ether oxygens (including phenoxy) is 1. The van der Waals surface area contributed by atoms with Crippen molar-refractivity contribution in [3.05, 3.63) is 41.7 Å². The van der Waals surface area contributed by atoms with Gasteiger partial charge in [0, 0.05) is 13.0 Å². The third kappa shape index (κ3) is 3.57. The fraction of sp³-hybridized carbons (Fsp3) is 0.500. The Morgan fingerprint density at radius 3 is 2.60 bits per heavy atom. The van der Waals surface area contributed by atoms with E-state index in [0.29, 0.717) is 31.4 Å². The van der Waals surface area contributed by atoms with Crippen LogP contribution < -0.4 is 0 Å². The summed E-state index contributed by atoms with van der Waals surface area (Å²) in [5.41, 5.74) is 2.05. The summed E-state index contributed by atoms with van der Waals surface area (Å²) < 4.78 is 9.16. The summed E-state index contributed by atoms with van der Waals surface area (Å²) in [4.78, 5) is 9.32. The van der Waals surface area contributed by atoms with E-state index in [1.165, 1.54) is 0 Å². The molecule has 0 amide bonds. The average molecular weight is 343 g/mol. The standard InChI is InChI=1S/C18H25N5O2/c1-12(2)18-19-14-7-5-6-8-15(14)22(18)11-16-20-17(13(3)24)21-23(16)9-10-25-4/h5-8,12-13,24H,9-11H2,1-4H3. The third-order valence-corrected chi connectivity index (χ3v) is 4.15. The summed E-state index contributed by atoms with van der Waals surface area (Å²) in [7, 11) is 1.66. The lowest BCUT2D eigenvalue weighted by Crippen LogP contribution is -2.15. The SMILES string of the molecule is COCCn1nc(C(C)O)nc1Cn1c(C(C)C)nc2ccccc21. The first-order chi connectivity index (χ1) is 12.0. The number of hydrogen-bond donors (Lipinski definition) is 1. The Kier molecular flexibility index (Phi) is 5.15. The van der Waals surface area contributed by atoms with Crippen LogP contribution in [0.2, 0.25) is 0 Å². The predicted molar refractivity (Wildman–Crippen MR) is 95.5 cm³/mol. The molecule has 0 spiro atoms. The van der Waals surface area contributed by atoms with Gasteiger partial charge in [-0.15, -0.1) is 0 Å². The topological polar surface area (TPSA) is 78.0 Å². The molecule has 2 aromatic heterocycles. The maximum absolute atomic E-state index is 9.84. The van der Waals surface area contributed by atoms with Crippen LogP contribution in [0.3, 0.4) is 0 Å². The van der Waals surface area contributed by atoms with E-state index in [9.17, 15) is 5.11 Å². The molecule has 0 bridgehead atoms. The van der Waals surface area contributed by atoms with Gasteiger partial charge in [-0.3, -0.25) is 0 Å². The van der Waals surface area contributed by atoms with Gasteiger partial charge in [0.15, 0.2) is 5.82 Å². The van der Waals surface area contributed by atoms with E-state index in [2.05, 4.69) is 34.6 Å². The van der Waals surface area contributed by atoms with E-state index in [1.54, 1.807) is 14.0 Å². The van der Waals surface area contributed by atoms with Crippen molar-refractivity contribution >= 4 is 11.0 Å². The molecule has 0 aliphatic carbocycles. The maximum atomic E-state index is 9.84. The van der Waals surface area contributed by atoms with Crippen molar-refractivity contribution in [3.63, 3.8) is 0 Å². The van der Waals surface area contributed by atoms with E-state index >= 15 is 0 Å². The van der Waals surface area contributed by atoms with Gasteiger partial charge in [0.2, 0.25) is 0 Å². The van der Waals surface area contributed by atoms with Gasteiger partial charge in [-0.1, -0.05) is 26.0 Å². The molecule has 1 unspecified atom stereocenters. The van der Waals surface area contributed by atoms with Gasteiger partial charge < -0.3 is 14.4 Å². The highest BCUT2D eigenvalue weighted by atomic mass is 16.5. The summed E-state index contributed by atoms with van der Waals surface area (Å²) in [5, 5.41) is 14.3. The normalized spacial score (nSPS) is 13.0. The Morgan fingerprint density at radius 2 is 1.92 bits per heavy atom. The average Bonchev–Trinajstić information content (AvgIpc) is 3.15. The summed E-state index contributed by atoms with van der Waals surface area (Å²) in [5.74, 6) is 2.53. The van der Waals surface area contributed by atoms with Crippen molar-refractivity contribution in [2.75, 3.05) is 13.7 Å². The second kappa shape index (κ2) is 7.33. The summed E-state index contributed by atoms with van der Waals surface area (Å²) in [6.45, 7) is 7.62. The maximum Gasteiger partial charge on any atom is 0.179 e. The number of aromatic nitrogens is 5. The highest BCUT2D eigenvalue weighted by Gasteiger charge is 2.18. The number of methoxy groups -OCH3 is 1. The van der Waals surface area contributed by atoms with Crippen LogP contribution in [-0.4, -0.2) is 43.1 Å². The van der Waals surface area contributed by atoms with Gasteiger partial charge >= 0.3 is 0 Å². The van der Waals surface area contributed by atoms with E-state index in [-0.39, 0.29) is 0 Å². The quantitative estimate of drug-likeness (QED) is 0.713. The van der Waals surface area contributed by atoms with Crippen LogP contribution in [-0.2, 0) is 17.8 Å². The molecule has 0 saturated carbocycles. The molecule has 0 fully saturated rings. The van der Waals surface area contributed by atoms with E-state index in [1.807, 2.05) is 22.9 Å². The van der Waals surface area contributed by atoms with Crippen molar-refractivity contribution in [3.8, 4) is 0 Å². The van der Waals surface area contributed by atoms with Gasteiger partial charge in [0.1, 0.15) is 17.8 Å². The Balaban J connectivity index is 2.04. The van der Waals surface area contributed by atoms with Crippen molar-refractivity contribution in [1.82, 2.24) is 24.3 Å². The first-order valence-electron chi connectivity index (χ1n) is 8.57. The van der Waals surface area contributed by atoms with E-state index < -0.39 is 6.10 Å². The number of hydrogen-bond acceptors (Lipinski definition) is 5. The zero-order valence-electron chi connectivity index (χ0n) is 15.2. The van der Waals surface area contributed by atoms with Crippen LogP contribution in [0.5, 0.6) is 0 Å². The molecule has 1 aromatic carbocycles. The number of para-hydroxylation sites is 2. The minimum atomic E-state index is -0.702. The highest BCUT2D eigenvalue weighted by molar-refractivity contribution is 5.76. The van der Waals surface area contributed by atoms with Crippen molar-refractivity contribution < 1.29 is 9.84 Å². The summed E-state index contributed by atoms with van der Waals surface area (Å²) in [6, 6.07) is 8.10. The van der Waals surface area contributed by atoms with Crippen molar-refractivity contribution in [2.24, 2.45) is 0 Å². The van der Waals surface area contributed by atoms with Gasteiger partial charge in [0.25, 0.3) is 0 Å². The van der Waals surface area contributed by atoms with Crippen LogP contribution in [0.4, 0.5) is 0 Å². The smallest absolute Gasteiger partial charge is 0.179 e. The molecule has 0 aliphatic rings. The van der Waals surface area contributed by atoms with Crippen LogP contribution >= 0.6 is 0 Å². The van der Waals surface area contributed by atoms with Crippen molar-refractivity contribution in [1.29, 1.82) is 0 Å². The first-order valence-corrected chi connectivity index (χ1v) is 8.57. The van der Waals surface area contributed by atoms with E-state index in [4.69, 9.17) is 9.72 Å². The summed E-state index contributed by atoms with van der Waals surface area (Å²) in [6.07, 6.45) is -0.702. The number of nitrogens with zero attached hydrogens (tertiary/aromatic N) is 5. The molecular weight excluding hydrogens is 318 g/mol. The number of imidazole rings is 1. The van der Waals surface area contributed by atoms with Crippen LogP contribution in [0, 0.1) is 0 Å². The predicted octanol–water partition coefficient (Wildman–Crippen LogP) is 2.50. The number of rotatable bonds is 7. The lowest BCUT2D eigenvalue weighted by molar-refractivity contribution is 0.177. The van der Waals surface area contributed by atoms with Crippen LogP contribution in [0.25, 0.3) is 11.0 Å². The van der Waals surface area contributed by atoms with Crippen molar-refractivity contribution in [2.45, 2.75) is 45.9 Å². The van der Waals surface area contributed by atoms with Gasteiger partial charge in [-0.2, -0.15) is 5.10 Å². The van der Waals surface area contributed by atoms with Gasteiger partial charge in [0.05, 0.1) is 30.7 Å². The first kappa shape index (κ1) is 17.6. The Morgan fingerprint density at radius 1 is 1.16 bits per heavy atom. The lowest BCUT2D eigenvalue weighted by atomic mass is 10.2. The number of benzene rings is 1. The third-order valence-electron chi connectivity index (χ3n) is 4.15. The molecule has 0 radical (unpaired) electrons. The van der Waals surface area contributed by atoms with Crippen LogP contribution in [0.1, 0.15) is 50.3 Å². The van der Waals surface area contributed by atoms with Crippen LogP contribution in [0.15, 0.2) is 24.3 Å². The molecule has 3 rings (SSSR count). The zero-order valence-corrected chi connectivity index (χ0v) is 15.2. The lowest BCUT2D eigenvalue weighted by Gasteiger charge is -2.12. The molecule has 1 N–H and O–H groups in total. The van der Waals surface area contributed by atoms with Gasteiger partial charge in [-0.05, 0) is 19.1 Å². The minimum absolute atomic E-state index is 0.291. The van der Waals surface area contributed by atoms with E-state index in [0.717, 1.165) is 22.7 Å². The molecule has 7 nitrogen and oxygen atoms in total. The molecule has 134 valence electrons. The number of aliphatic hydroxyl groups is 1. The molecule has 7 heteroatoms. The summed E-state index contributed by atoms with van der Waals surface area (Å²) >= 11 is 0. The molecule has 25 heavy (non-hydrogen) atoms. The Labute approximate surface area is 147 Å². The highest BCUT2D eigenvalue weighted by Crippen LogP contribution is 2.23. The monoisotopic (exact) mass is 343 g/mol. The fourth-order valence-electron chi connectivity index (χ4n) is 2.89. The zero-order chi connectivity index (χ0) is 18.0. The second-order valence-electron chi connectivity index (χ2n) is 6.48. The van der Waals surface area contributed by atoms with Gasteiger partial charge in [-0.25, -0.2) is 14.6 Å². The molecule has 0 aliphatic heterocycles. The largest absolute Gasteiger partial charge is 0.385 e. The number of fused-ring (bicyclic) bond motifs is 1. The molecule has 2 heterocycles. The fourth-order valence-corrected chi connectivity index (χ4v) is 2.89. The Hall–Kier alpha value is -2.25. The molecular formula is C18H25N5O2. The minimum Gasteiger partial charge on any atom is -0.385 e. The molecule has 1 atom stereocenters. The molecule has 3 aromatic rings. The Bertz CT molecular complexity index is 850. The number of aliphatic hydroxyl groups excluding tert-OH is 1. The molecule has 0 saturated heterocycles.